The van der Waals surface area contributed by atoms with Gasteiger partial charge >= 0.3 is 0 Å². The van der Waals surface area contributed by atoms with E-state index in [4.69, 9.17) is 9.47 Å². The molecule has 0 aromatic heterocycles. The Morgan fingerprint density at radius 2 is 1.82 bits per heavy atom. The van der Waals surface area contributed by atoms with Gasteiger partial charge in [-0.1, -0.05) is 6.07 Å². The first-order chi connectivity index (χ1) is 15.9. The number of amides is 1. The first-order valence-corrected chi connectivity index (χ1v) is 11.1. The zero-order valence-electron chi connectivity index (χ0n) is 19.0. The van der Waals surface area contributed by atoms with E-state index in [1.54, 1.807) is 24.3 Å². The minimum atomic E-state index is -0.837. The molecule has 33 heavy (non-hydrogen) atoms. The molecule has 0 atom stereocenters. The van der Waals surface area contributed by atoms with Crippen molar-refractivity contribution in [2.75, 3.05) is 26.8 Å². The van der Waals surface area contributed by atoms with E-state index in [1.807, 2.05) is 0 Å². The van der Waals surface area contributed by atoms with Crippen LogP contribution in [0.5, 0.6) is 11.5 Å². The summed E-state index contributed by atoms with van der Waals surface area (Å²) in [6, 6.07) is 9.12. The summed E-state index contributed by atoms with van der Waals surface area (Å²) in [6.45, 7) is 3.97. The number of nitrogens with one attached hydrogen (secondary N) is 1. The van der Waals surface area contributed by atoms with Crippen LogP contribution in [0.4, 0.5) is 8.78 Å². The summed E-state index contributed by atoms with van der Waals surface area (Å²) in [6.07, 6.45) is 2.53. The molecule has 1 fully saturated rings. The maximum absolute atomic E-state index is 13.4. The second kappa shape index (κ2) is 11.7. The number of ether oxygens (including phenoxy) is 2. The van der Waals surface area contributed by atoms with Gasteiger partial charge in [-0.2, -0.15) is 0 Å². The van der Waals surface area contributed by atoms with E-state index in [2.05, 4.69) is 10.2 Å². The van der Waals surface area contributed by atoms with Crippen molar-refractivity contribution in [3.05, 3.63) is 59.2 Å². The summed E-state index contributed by atoms with van der Waals surface area (Å²) in [5.74, 6) is -0.706. The first kappa shape index (κ1) is 24.6. The lowest BCUT2D eigenvalue weighted by Gasteiger charge is -2.32. The third-order valence-electron chi connectivity index (χ3n) is 5.72. The van der Waals surface area contributed by atoms with Crippen LogP contribution in [0.1, 0.15) is 48.5 Å². The monoisotopic (exact) mass is 460 g/mol. The molecule has 1 saturated heterocycles. The maximum atomic E-state index is 13.4. The molecule has 6 nitrogen and oxygen atoms in total. The normalized spacial score (nSPS) is 14.7. The van der Waals surface area contributed by atoms with Crippen molar-refractivity contribution in [3.8, 4) is 11.5 Å². The number of hydrogen-bond donors (Lipinski definition) is 1. The SMILES string of the molecule is COc1cc(C(C)=O)ccc1OCCCC(=O)NC1CCN(Cc2ccc(F)c(F)c2)CC1. The Balaban J connectivity index is 1.35. The summed E-state index contributed by atoms with van der Waals surface area (Å²) in [5.41, 5.74) is 1.29. The van der Waals surface area contributed by atoms with Gasteiger partial charge in [-0.15, -0.1) is 0 Å². The van der Waals surface area contributed by atoms with Crippen molar-refractivity contribution >= 4 is 11.7 Å². The summed E-state index contributed by atoms with van der Waals surface area (Å²) in [7, 11) is 1.52. The number of benzene rings is 2. The van der Waals surface area contributed by atoms with Crippen LogP contribution in [0.15, 0.2) is 36.4 Å². The Bertz CT molecular complexity index is 975. The van der Waals surface area contributed by atoms with Gasteiger partial charge in [0, 0.05) is 37.7 Å². The van der Waals surface area contributed by atoms with Crippen LogP contribution in [0.3, 0.4) is 0 Å². The van der Waals surface area contributed by atoms with E-state index in [9.17, 15) is 18.4 Å². The van der Waals surface area contributed by atoms with Crippen molar-refractivity contribution in [1.29, 1.82) is 0 Å². The molecule has 0 radical (unpaired) electrons. The minimum absolute atomic E-state index is 0.0171. The predicted molar refractivity (Wildman–Crippen MR) is 121 cm³/mol. The van der Waals surface area contributed by atoms with Crippen LogP contribution >= 0.6 is 0 Å². The number of rotatable bonds is 10. The average molecular weight is 461 g/mol. The summed E-state index contributed by atoms with van der Waals surface area (Å²) < 4.78 is 37.4. The van der Waals surface area contributed by atoms with Crippen LogP contribution < -0.4 is 14.8 Å². The molecule has 0 unspecified atom stereocenters. The number of hydrogen-bond acceptors (Lipinski definition) is 5. The number of ketones is 1. The molecule has 1 aliphatic heterocycles. The Hall–Kier alpha value is -3.00. The van der Waals surface area contributed by atoms with Crippen LogP contribution in [0.25, 0.3) is 0 Å². The molecule has 2 aromatic rings. The van der Waals surface area contributed by atoms with Crippen LogP contribution in [-0.2, 0) is 11.3 Å². The minimum Gasteiger partial charge on any atom is -0.493 e. The van der Waals surface area contributed by atoms with Gasteiger partial charge in [0.25, 0.3) is 0 Å². The fraction of sp³-hybridized carbons (Fsp3) is 0.440. The van der Waals surface area contributed by atoms with Crippen molar-refractivity contribution in [1.82, 2.24) is 10.2 Å². The number of halogens is 2. The Kier molecular flexibility index (Phi) is 8.77. The quantitative estimate of drug-likeness (QED) is 0.427. The summed E-state index contributed by atoms with van der Waals surface area (Å²) >= 11 is 0. The van der Waals surface area contributed by atoms with Gasteiger partial charge in [0.15, 0.2) is 28.9 Å². The van der Waals surface area contributed by atoms with Gasteiger partial charge in [-0.3, -0.25) is 14.5 Å². The van der Waals surface area contributed by atoms with Gasteiger partial charge in [-0.25, -0.2) is 8.78 Å². The Morgan fingerprint density at radius 1 is 1.06 bits per heavy atom. The lowest BCUT2D eigenvalue weighted by atomic mass is 10.0. The highest BCUT2D eigenvalue weighted by molar-refractivity contribution is 5.94. The van der Waals surface area contributed by atoms with Crippen LogP contribution in [0, 0.1) is 11.6 Å². The third-order valence-corrected chi connectivity index (χ3v) is 5.72. The molecule has 2 aromatic carbocycles. The van der Waals surface area contributed by atoms with E-state index >= 15 is 0 Å². The molecule has 8 heteroatoms. The standard InChI is InChI=1S/C25H30F2N2O4/c1-17(30)19-6-8-23(24(15-19)32-2)33-13-3-4-25(31)28-20-9-11-29(12-10-20)16-18-5-7-21(26)22(27)14-18/h5-8,14-15,20H,3-4,9-13,16H2,1-2H3,(H,28,31). The Morgan fingerprint density at radius 3 is 2.48 bits per heavy atom. The molecule has 1 heterocycles. The zero-order valence-corrected chi connectivity index (χ0v) is 19.0. The van der Waals surface area contributed by atoms with Gasteiger partial charge < -0.3 is 14.8 Å². The van der Waals surface area contributed by atoms with Crippen molar-refractivity contribution < 1.29 is 27.8 Å². The highest BCUT2D eigenvalue weighted by Gasteiger charge is 2.21. The molecule has 1 N–H and O–H groups in total. The molecule has 178 valence electrons. The number of piperidine rings is 1. The molecule has 1 aliphatic rings. The van der Waals surface area contributed by atoms with Gasteiger partial charge in [0.1, 0.15) is 0 Å². The third kappa shape index (κ3) is 7.25. The average Bonchev–Trinajstić information content (AvgIpc) is 2.80. The molecular formula is C25H30F2N2O4. The molecular weight excluding hydrogens is 430 g/mol. The van der Waals surface area contributed by atoms with E-state index in [1.165, 1.54) is 20.1 Å². The van der Waals surface area contributed by atoms with Gasteiger partial charge in [0.05, 0.1) is 13.7 Å². The number of carbonyl (C=O) groups excluding carboxylic acids is 2. The Labute approximate surface area is 192 Å². The number of methoxy groups -OCH3 is 1. The molecule has 0 spiro atoms. The lowest BCUT2D eigenvalue weighted by Crippen LogP contribution is -2.44. The van der Waals surface area contributed by atoms with Gasteiger partial charge in [-0.05, 0) is 62.1 Å². The fourth-order valence-electron chi connectivity index (χ4n) is 3.85. The maximum Gasteiger partial charge on any atom is 0.220 e. The van der Waals surface area contributed by atoms with Crippen molar-refractivity contribution in [2.24, 2.45) is 0 Å². The van der Waals surface area contributed by atoms with Crippen molar-refractivity contribution in [3.63, 3.8) is 0 Å². The molecule has 3 rings (SSSR count). The number of carbonyl (C=O) groups is 2. The number of Topliss-reactive ketones (excluding diaryl/α,β-unsaturated/α-hetero) is 1. The van der Waals surface area contributed by atoms with Gasteiger partial charge in [0.2, 0.25) is 5.91 Å². The topological polar surface area (TPSA) is 67.9 Å². The smallest absolute Gasteiger partial charge is 0.220 e. The van der Waals surface area contributed by atoms with E-state index in [0.29, 0.717) is 43.1 Å². The van der Waals surface area contributed by atoms with E-state index in [0.717, 1.165) is 37.6 Å². The zero-order chi connectivity index (χ0) is 23.8. The molecule has 1 amide bonds. The largest absolute Gasteiger partial charge is 0.493 e. The van der Waals surface area contributed by atoms with Crippen LogP contribution in [0.2, 0.25) is 0 Å². The predicted octanol–water partition coefficient (Wildman–Crippen LogP) is 4.12. The highest BCUT2D eigenvalue weighted by atomic mass is 19.2. The molecule has 0 saturated carbocycles. The van der Waals surface area contributed by atoms with E-state index < -0.39 is 11.6 Å². The summed E-state index contributed by atoms with van der Waals surface area (Å²) in [5, 5.41) is 3.07. The summed E-state index contributed by atoms with van der Waals surface area (Å²) in [4.78, 5) is 25.9. The number of likely N-dealkylation sites (tertiary alicyclic amines) is 1. The highest BCUT2D eigenvalue weighted by Crippen LogP contribution is 2.28. The second-order valence-electron chi connectivity index (χ2n) is 8.24. The number of nitrogens with zero attached hydrogens (tertiary/aromatic N) is 1. The van der Waals surface area contributed by atoms with E-state index in [-0.39, 0.29) is 17.7 Å². The van der Waals surface area contributed by atoms with Crippen LogP contribution in [-0.4, -0.2) is 49.4 Å². The molecule has 0 aliphatic carbocycles. The lowest BCUT2D eigenvalue weighted by molar-refractivity contribution is -0.122. The first-order valence-electron chi connectivity index (χ1n) is 11.1. The second-order valence-corrected chi connectivity index (χ2v) is 8.24. The molecule has 0 bridgehead atoms. The van der Waals surface area contributed by atoms with Crippen molar-refractivity contribution in [2.45, 2.75) is 45.2 Å². The fourth-order valence-corrected chi connectivity index (χ4v) is 3.85.